The minimum Gasteiger partial charge on any atom is -0.445 e. The van der Waals surface area contributed by atoms with Crippen molar-refractivity contribution in [3.63, 3.8) is 0 Å². The van der Waals surface area contributed by atoms with Crippen molar-refractivity contribution in [1.29, 1.82) is 5.26 Å². The number of ether oxygens (including phenoxy) is 1. The number of hydrogen-bond donors (Lipinski definition) is 1. The van der Waals surface area contributed by atoms with Crippen LogP contribution >= 0.6 is 0 Å². The van der Waals surface area contributed by atoms with E-state index in [4.69, 9.17) is 4.74 Å². The molecule has 1 fully saturated rings. The fourth-order valence-corrected chi connectivity index (χ4v) is 4.57. The summed E-state index contributed by atoms with van der Waals surface area (Å²) >= 11 is 0. The van der Waals surface area contributed by atoms with Crippen LogP contribution in [0.1, 0.15) is 42.0 Å². The van der Waals surface area contributed by atoms with E-state index in [1.807, 2.05) is 66.7 Å². The second kappa shape index (κ2) is 12.6. The molecule has 0 aromatic heterocycles. The Balaban J connectivity index is 1.43. The maximum atomic E-state index is 12.7. The normalized spacial score (nSPS) is 13.5. The third kappa shape index (κ3) is 7.34. The molecule has 0 unspecified atom stereocenters. The molecule has 0 radical (unpaired) electrons. The van der Waals surface area contributed by atoms with Crippen LogP contribution in [0.15, 0.2) is 78.9 Å². The summed E-state index contributed by atoms with van der Waals surface area (Å²) in [6.07, 6.45) is 1.34. The van der Waals surface area contributed by atoms with E-state index in [1.165, 1.54) is 6.92 Å². The molecule has 0 saturated carbocycles. The van der Waals surface area contributed by atoms with E-state index in [0.29, 0.717) is 31.7 Å². The number of benzene rings is 3. The summed E-state index contributed by atoms with van der Waals surface area (Å²) in [6, 6.07) is 28.0. The van der Waals surface area contributed by atoms with Crippen LogP contribution < -0.4 is 10.2 Å². The Bertz CT molecular complexity index is 1230. The summed E-state index contributed by atoms with van der Waals surface area (Å²) in [6.45, 7) is 4.16. The molecule has 3 aromatic carbocycles. The number of nitrogens with one attached hydrogen (secondary N) is 1. The molecule has 1 aliphatic heterocycles. The molecule has 1 aliphatic rings. The van der Waals surface area contributed by atoms with Crippen LogP contribution in [-0.4, -0.2) is 36.0 Å². The second-order valence-corrected chi connectivity index (χ2v) is 9.27. The Morgan fingerprint density at radius 3 is 2.35 bits per heavy atom. The van der Waals surface area contributed by atoms with E-state index < -0.39 is 0 Å². The lowest BCUT2D eigenvalue weighted by atomic mass is 10.0. The van der Waals surface area contributed by atoms with Gasteiger partial charge >= 0.3 is 6.09 Å². The van der Waals surface area contributed by atoms with E-state index in [9.17, 15) is 14.9 Å². The molecular weight excluding hydrogens is 464 g/mol. The molecular formula is C30H32N4O3. The Hall–Kier alpha value is -4.31. The number of nitriles is 1. The van der Waals surface area contributed by atoms with Gasteiger partial charge in [-0.3, -0.25) is 4.79 Å². The highest BCUT2D eigenvalue weighted by Crippen LogP contribution is 2.27. The van der Waals surface area contributed by atoms with Crippen molar-refractivity contribution in [3.8, 4) is 6.07 Å². The number of amides is 2. The number of likely N-dealkylation sites (tertiary alicyclic amines) is 1. The molecule has 1 heterocycles. The van der Waals surface area contributed by atoms with E-state index in [-0.39, 0.29) is 24.6 Å². The Labute approximate surface area is 218 Å². The third-order valence-corrected chi connectivity index (χ3v) is 6.59. The highest BCUT2D eigenvalue weighted by Gasteiger charge is 2.28. The first-order chi connectivity index (χ1) is 18.0. The Morgan fingerprint density at radius 2 is 1.68 bits per heavy atom. The monoisotopic (exact) mass is 496 g/mol. The molecule has 7 nitrogen and oxygen atoms in total. The van der Waals surface area contributed by atoms with Gasteiger partial charge in [-0.15, -0.1) is 0 Å². The molecule has 4 rings (SSSR count). The van der Waals surface area contributed by atoms with Gasteiger partial charge in [0.15, 0.2) is 0 Å². The van der Waals surface area contributed by atoms with Gasteiger partial charge in [0.2, 0.25) is 5.91 Å². The zero-order valence-electron chi connectivity index (χ0n) is 21.1. The predicted molar refractivity (Wildman–Crippen MR) is 143 cm³/mol. The van der Waals surface area contributed by atoms with Gasteiger partial charge in [0, 0.05) is 44.8 Å². The largest absolute Gasteiger partial charge is 0.445 e. The fourth-order valence-electron chi connectivity index (χ4n) is 4.57. The van der Waals surface area contributed by atoms with Gasteiger partial charge in [0.1, 0.15) is 6.61 Å². The molecule has 7 heteroatoms. The molecule has 1 saturated heterocycles. The average Bonchev–Trinajstić information content (AvgIpc) is 2.94. The standard InChI is InChI=1S/C30H32N4O3/c1-23(35)32-20-24-10-12-28(13-11-24)34(21-27-9-5-8-26(18-27)19-31)29-14-16-33(17-15-29)30(36)37-22-25-6-3-2-4-7-25/h2-13,18,29H,14-17,20-22H2,1H3,(H,32,35). The number of hydrogen-bond acceptors (Lipinski definition) is 5. The number of nitrogens with zero attached hydrogens (tertiary/aromatic N) is 3. The number of anilines is 1. The summed E-state index contributed by atoms with van der Waals surface area (Å²) in [4.78, 5) is 28.1. The Kier molecular flexibility index (Phi) is 8.77. The molecule has 0 spiro atoms. The first-order valence-corrected chi connectivity index (χ1v) is 12.6. The van der Waals surface area contributed by atoms with Crippen molar-refractivity contribution >= 4 is 17.7 Å². The summed E-state index contributed by atoms with van der Waals surface area (Å²) in [5.74, 6) is -0.0582. The van der Waals surface area contributed by atoms with Crippen LogP contribution in [0.3, 0.4) is 0 Å². The summed E-state index contributed by atoms with van der Waals surface area (Å²) in [5.41, 5.74) is 4.77. The molecule has 1 N–H and O–H groups in total. The van der Waals surface area contributed by atoms with Crippen molar-refractivity contribution in [2.24, 2.45) is 0 Å². The summed E-state index contributed by atoms with van der Waals surface area (Å²) in [7, 11) is 0. The average molecular weight is 497 g/mol. The van der Waals surface area contributed by atoms with Gasteiger partial charge in [0.05, 0.1) is 11.6 Å². The van der Waals surface area contributed by atoms with Crippen molar-refractivity contribution in [2.75, 3.05) is 18.0 Å². The second-order valence-electron chi connectivity index (χ2n) is 9.27. The quantitative estimate of drug-likeness (QED) is 0.474. The lowest BCUT2D eigenvalue weighted by Crippen LogP contribution is -2.46. The number of carbonyl (C=O) groups excluding carboxylic acids is 2. The summed E-state index contributed by atoms with van der Waals surface area (Å²) in [5, 5.41) is 12.2. The van der Waals surface area contributed by atoms with Crippen molar-refractivity contribution in [3.05, 3.63) is 101 Å². The zero-order chi connectivity index (χ0) is 26.0. The van der Waals surface area contributed by atoms with Crippen LogP contribution in [0.2, 0.25) is 0 Å². The van der Waals surface area contributed by atoms with Crippen molar-refractivity contribution in [1.82, 2.24) is 10.2 Å². The van der Waals surface area contributed by atoms with Gasteiger partial charge in [-0.05, 0) is 53.8 Å². The summed E-state index contributed by atoms with van der Waals surface area (Å²) < 4.78 is 5.53. The Morgan fingerprint density at radius 1 is 0.973 bits per heavy atom. The van der Waals surface area contributed by atoms with Crippen LogP contribution in [0, 0.1) is 11.3 Å². The van der Waals surface area contributed by atoms with Gasteiger partial charge in [-0.25, -0.2) is 4.79 Å². The molecule has 0 atom stereocenters. The van der Waals surface area contributed by atoms with Gasteiger partial charge < -0.3 is 19.9 Å². The van der Waals surface area contributed by atoms with Crippen molar-refractivity contribution < 1.29 is 14.3 Å². The van der Waals surface area contributed by atoms with Crippen LogP contribution in [0.4, 0.5) is 10.5 Å². The number of rotatable bonds is 8. The molecule has 0 bridgehead atoms. The maximum Gasteiger partial charge on any atom is 0.410 e. The van der Waals surface area contributed by atoms with Gasteiger partial charge in [-0.2, -0.15) is 5.26 Å². The van der Waals surface area contributed by atoms with Gasteiger partial charge in [0.25, 0.3) is 0 Å². The third-order valence-electron chi connectivity index (χ3n) is 6.59. The smallest absolute Gasteiger partial charge is 0.410 e. The minimum atomic E-state index is -0.280. The number of piperidine rings is 1. The first kappa shape index (κ1) is 25.8. The van der Waals surface area contributed by atoms with Gasteiger partial charge in [-0.1, -0.05) is 54.6 Å². The van der Waals surface area contributed by atoms with Crippen molar-refractivity contribution in [2.45, 2.75) is 45.5 Å². The highest BCUT2D eigenvalue weighted by atomic mass is 16.6. The molecule has 0 aliphatic carbocycles. The SMILES string of the molecule is CC(=O)NCc1ccc(N(Cc2cccc(C#N)c2)C2CCN(C(=O)OCc3ccccc3)CC2)cc1. The van der Waals surface area contributed by atoms with E-state index in [0.717, 1.165) is 35.2 Å². The predicted octanol–water partition coefficient (Wildman–Crippen LogP) is 5.00. The topological polar surface area (TPSA) is 85.7 Å². The first-order valence-electron chi connectivity index (χ1n) is 12.6. The van der Waals surface area contributed by atoms with E-state index in [2.05, 4.69) is 28.4 Å². The lowest BCUT2D eigenvalue weighted by Gasteiger charge is -2.39. The van der Waals surface area contributed by atoms with E-state index in [1.54, 1.807) is 4.90 Å². The van der Waals surface area contributed by atoms with E-state index >= 15 is 0 Å². The highest BCUT2D eigenvalue weighted by molar-refractivity contribution is 5.72. The van der Waals surface area contributed by atoms with Crippen LogP contribution in [0.25, 0.3) is 0 Å². The molecule has 37 heavy (non-hydrogen) atoms. The molecule has 2 amide bonds. The molecule has 3 aromatic rings. The number of carbonyl (C=O) groups is 2. The fraction of sp³-hybridized carbons (Fsp3) is 0.300. The zero-order valence-corrected chi connectivity index (χ0v) is 21.1. The van der Waals surface area contributed by atoms with Crippen LogP contribution in [-0.2, 0) is 29.2 Å². The molecule has 190 valence electrons. The lowest BCUT2D eigenvalue weighted by molar-refractivity contribution is -0.119. The minimum absolute atomic E-state index is 0.0582. The van der Waals surface area contributed by atoms with Crippen LogP contribution in [0.5, 0.6) is 0 Å². The maximum absolute atomic E-state index is 12.7.